The number of carbonyl (C=O) groups is 1. The van der Waals surface area contributed by atoms with Gasteiger partial charge in [0.05, 0.1) is 19.2 Å². The highest BCUT2D eigenvalue weighted by Gasteiger charge is 2.13. The molecule has 3 aromatic carbocycles. The molecule has 0 spiro atoms. The van der Waals surface area contributed by atoms with Crippen molar-refractivity contribution in [1.82, 2.24) is 9.55 Å². The van der Waals surface area contributed by atoms with Gasteiger partial charge in [-0.25, -0.2) is 9.78 Å². The molecular weight excluding hydrogens is 392 g/mol. The fourth-order valence-corrected chi connectivity index (χ4v) is 4.36. The number of hydrogen-bond acceptors (Lipinski definition) is 4. The molecule has 0 aliphatic rings. The van der Waals surface area contributed by atoms with Crippen LogP contribution in [0, 0.1) is 0 Å². The molecule has 1 heterocycles. The largest absolute Gasteiger partial charge is 0.465 e. The summed E-state index contributed by atoms with van der Waals surface area (Å²) in [4.78, 5) is 16.6. The summed E-state index contributed by atoms with van der Waals surface area (Å²) in [5.74, 6) is 0.328. The summed E-state index contributed by atoms with van der Waals surface area (Å²) in [5.41, 5.74) is 5.19. The van der Waals surface area contributed by atoms with Crippen molar-refractivity contribution in [3.63, 3.8) is 0 Å². The third-order valence-electron chi connectivity index (χ3n) is 4.90. The number of aromatic nitrogens is 2. The van der Waals surface area contributed by atoms with Crippen LogP contribution >= 0.6 is 11.8 Å². The highest BCUT2D eigenvalue weighted by atomic mass is 32.2. The Morgan fingerprint density at radius 1 is 0.933 bits per heavy atom. The van der Waals surface area contributed by atoms with E-state index in [-0.39, 0.29) is 5.97 Å². The Bertz CT molecular complexity index is 1140. The normalized spacial score (nSPS) is 10.7. The van der Waals surface area contributed by atoms with E-state index < -0.39 is 0 Å². The molecule has 4 rings (SSSR count). The van der Waals surface area contributed by atoms with Gasteiger partial charge in [-0.05, 0) is 28.3 Å². The Kier molecular flexibility index (Phi) is 6.30. The summed E-state index contributed by atoms with van der Waals surface area (Å²) in [6.45, 7) is 0.728. The summed E-state index contributed by atoms with van der Waals surface area (Å²) >= 11 is 1.61. The van der Waals surface area contributed by atoms with E-state index in [4.69, 9.17) is 4.74 Å². The van der Waals surface area contributed by atoms with Crippen molar-refractivity contribution in [2.24, 2.45) is 0 Å². The van der Waals surface area contributed by atoms with Crippen LogP contribution in [0.25, 0.3) is 11.1 Å². The topological polar surface area (TPSA) is 44.1 Å². The minimum absolute atomic E-state index is 0.314. The van der Waals surface area contributed by atoms with E-state index >= 15 is 0 Å². The molecule has 0 saturated carbocycles. The minimum Gasteiger partial charge on any atom is -0.465 e. The van der Waals surface area contributed by atoms with E-state index in [1.165, 1.54) is 23.8 Å². The van der Waals surface area contributed by atoms with Gasteiger partial charge >= 0.3 is 5.97 Å². The van der Waals surface area contributed by atoms with Crippen LogP contribution in [-0.4, -0.2) is 22.6 Å². The zero-order valence-electron chi connectivity index (χ0n) is 16.7. The van der Waals surface area contributed by atoms with Gasteiger partial charge in [0.15, 0.2) is 5.16 Å². The van der Waals surface area contributed by atoms with E-state index in [1.807, 2.05) is 36.7 Å². The molecule has 0 fully saturated rings. The van der Waals surface area contributed by atoms with Crippen molar-refractivity contribution in [3.05, 3.63) is 108 Å². The second kappa shape index (κ2) is 9.46. The predicted octanol–water partition coefficient (Wildman–Crippen LogP) is 5.68. The highest BCUT2D eigenvalue weighted by Crippen LogP contribution is 2.27. The standard InChI is InChI=1S/C25H22N2O2S/c1-29-24(28)23-14-8-6-12-21(23)18-30-25-26-15-16-27(25)17-20-11-5-7-13-22(20)19-9-3-2-4-10-19/h2-16H,17-18H2,1H3. The monoisotopic (exact) mass is 414 g/mol. The first-order valence-electron chi connectivity index (χ1n) is 9.69. The Hall–Kier alpha value is -3.31. The molecule has 0 radical (unpaired) electrons. The van der Waals surface area contributed by atoms with Crippen LogP contribution in [0.3, 0.4) is 0 Å². The van der Waals surface area contributed by atoms with E-state index in [0.29, 0.717) is 11.3 Å². The van der Waals surface area contributed by atoms with Crippen molar-refractivity contribution < 1.29 is 9.53 Å². The van der Waals surface area contributed by atoms with Gasteiger partial charge in [0.2, 0.25) is 0 Å². The third kappa shape index (κ3) is 4.47. The molecule has 5 heteroatoms. The first-order chi connectivity index (χ1) is 14.8. The number of carbonyl (C=O) groups excluding carboxylic acids is 1. The fraction of sp³-hybridized carbons (Fsp3) is 0.120. The maximum Gasteiger partial charge on any atom is 0.338 e. The van der Waals surface area contributed by atoms with Crippen LogP contribution in [0.5, 0.6) is 0 Å². The van der Waals surface area contributed by atoms with Crippen LogP contribution in [0.15, 0.2) is 96.4 Å². The Morgan fingerprint density at radius 3 is 2.43 bits per heavy atom. The first-order valence-corrected chi connectivity index (χ1v) is 10.7. The summed E-state index contributed by atoms with van der Waals surface area (Å²) in [6, 6.07) is 26.4. The van der Waals surface area contributed by atoms with E-state index in [2.05, 4.69) is 58.1 Å². The average molecular weight is 415 g/mol. The van der Waals surface area contributed by atoms with Crippen LogP contribution in [0.2, 0.25) is 0 Å². The van der Waals surface area contributed by atoms with Gasteiger partial charge in [-0.2, -0.15) is 0 Å². The molecule has 4 nitrogen and oxygen atoms in total. The number of esters is 1. The lowest BCUT2D eigenvalue weighted by Crippen LogP contribution is -2.05. The summed E-state index contributed by atoms with van der Waals surface area (Å²) < 4.78 is 7.05. The number of ether oxygens (including phenoxy) is 1. The Balaban J connectivity index is 1.54. The molecule has 1 aromatic heterocycles. The number of imidazole rings is 1. The molecule has 0 atom stereocenters. The molecule has 0 saturated heterocycles. The van der Waals surface area contributed by atoms with Crippen LogP contribution in [-0.2, 0) is 17.0 Å². The number of hydrogen-bond donors (Lipinski definition) is 0. The highest BCUT2D eigenvalue weighted by molar-refractivity contribution is 7.98. The van der Waals surface area contributed by atoms with Gasteiger partial charge in [0, 0.05) is 18.1 Å². The average Bonchev–Trinajstić information content (AvgIpc) is 3.25. The molecule has 4 aromatic rings. The molecule has 0 bridgehead atoms. The quantitative estimate of drug-likeness (QED) is 0.288. The molecule has 150 valence electrons. The van der Waals surface area contributed by atoms with Crippen molar-refractivity contribution >= 4 is 17.7 Å². The number of benzene rings is 3. The van der Waals surface area contributed by atoms with E-state index in [0.717, 1.165) is 17.3 Å². The smallest absolute Gasteiger partial charge is 0.338 e. The number of methoxy groups -OCH3 is 1. The molecule has 0 amide bonds. The summed E-state index contributed by atoms with van der Waals surface area (Å²) in [7, 11) is 1.41. The lowest BCUT2D eigenvalue weighted by molar-refractivity contribution is 0.0600. The molecule has 0 unspecified atom stereocenters. The lowest BCUT2D eigenvalue weighted by atomic mass is 10.00. The Labute approximate surface area is 180 Å². The van der Waals surface area contributed by atoms with E-state index in [9.17, 15) is 4.79 Å². The lowest BCUT2D eigenvalue weighted by Gasteiger charge is -2.13. The van der Waals surface area contributed by atoms with Crippen molar-refractivity contribution in [3.8, 4) is 11.1 Å². The minimum atomic E-state index is -0.314. The van der Waals surface area contributed by atoms with Gasteiger partial charge in [-0.1, -0.05) is 84.6 Å². The zero-order valence-corrected chi connectivity index (χ0v) is 17.5. The molecule has 30 heavy (non-hydrogen) atoms. The van der Waals surface area contributed by atoms with Gasteiger partial charge in [0.25, 0.3) is 0 Å². The van der Waals surface area contributed by atoms with Crippen molar-refractivity contribution in [2.75, 3.05) is 7.11 Å². The van der Waals surface area contributed by atoms with Gasteiger partial charge < -0.3 is 9.30 Å². The molecule has 0 N–H and O–H groups in total. The molecular formula is C25H22N2O2S. The van der Waals surface area contributed by atoms with Gasteiger partial charge in [-0.3, -0.25) is 0 Å². The summed E-state index contributed by atoms with van der Waals surface area (Å²) in [6.07, 6.45) is 3.82. The fourth-order valence-electron chi connectivity index (χ4n) is 3.39. The van der Waals surface area contributed by atoms with Crippen molar-refractivity contribution in [1.29, 1.82) is 0 Å². The van der Waals surface area contributed by atoms with Gasteiger partial charge in [-0.15, -0.1) is 0 Å². The second-order valence-corrected chi connectivity index (χ2v) is 7.74. The predicted molar refractivity (Wildman–Crippen MR) is 121 cm³/mol. The summed E-state index contributed by atoms with van der Waals surface area (Å²) in [5, 5.41) is 0.914. The SMILES string of the molecule is COC(=O)c1ccccc1CSc1nccn1Cc1ccccc1-c1ccccc1. The maximum absolute atomic E-state index is 12.0. The zero-order chi connectivity index (χ0) is 20.8. The molecule has 0 aliphatic heterocycles. The van der Waals surface area contributed by atoms with Crippen molar-refractivity contribution in [2.45, 2.75) is 17.5 Å². The maximum atomic E-state index is 12.0. The number of thioether (sulfide) groups is 1. The van der Waals surface area contributed by atoms with Crippen LogP contribution in [0.1, 0.15) is 21.5 Å². The number of rotatable bonds is 7. The van der Waals surface area contributed by atoms with Crippen LogP contribution < -0.4 is 0 Å². The van der Waals surface area contributed by atoms with Gasteiger partial charge in [0.1, 0.15) is 0 Å². The second-order valence-electron chi connectivity index (χ2n) is 6.80. The number of nitrogens with zero attached hydrogens (tertiary/aromatic N) is 2. The van der Waals surface area contributed by atoms with E-state index in [1.54, 1.807) is 17.8 Å². The third-order valence-corrected chi connectivity index (χ3v) is 5.95. The van der Waals surface area contributed by atoms with Crippen LogP contribution in [0.4, 0.5) is 0 Å². The Morgan fingerprint density at radius 2 is 1.63 bits per heavy atom. The molecule has 0 aliphatic carbocycles. The first kappa shape index (κ1) is 20.0.